The van der Waals surface area contributed by atoms with Crippen LogP contribution in [0.15, 0.2) is 41.3 Å². The van der Waals surface area contributed by atoms with E-state index in [0.717, 1.165) is 30.4 Å². The molecular weight excluding hydrogens is 318 g/mol. The highest BCUT2D eigenvalue weighted by Crippen LogP contribution is 2.42. The van der Waals surface area contributed by atoms with E-state index in [9.17, 15) is 8.42 Å². The van der Waals surface area contributed by atoms with Crippen molar-refractivity contribution in [2.75, 3.05) is 6.54 Å². The number of sulfonamides is 1. The molecule has 24 heavy (non-hydrogen) atoms. The average molecular weight is 348 g/mol. The Bertz CT molecular complexity index is 687. The monoisotopic (exact) mass is 347 g/mol. The number of benzene rings is 1. The van der Waals surface area contributed by atoms with Crippen LogP contribution in [0.5, 0.6) is 0 Å². The van der Waals surface area contributed by atoms with Crippen LogP contribution in [-0.2, 0) is 10.0 Å². The van der Waals surface area contributed by atoms with E-state index in [4.69, 9.17) is 0 Å². The summed E-state index contributed by atoms with van der Waals surface area (Å²) < 4.78 is 28.3. The summed E-state index contributed by atoms with van der Waals surface area (Å²) in [5, 5.41) is 0. The molecule has 1 aromatic carbocycles. The van der Waals surface area contributed by atoms with Gasteiger partial charge in [0.05, 0.1) is 4.90 Å². The SMILES string of the molecule is C=C(C)[C@@H]1CCN(S(=O)(=O)c2ccc(C)cc2)[C@H]1C1CCCCC1. The summed E-state index contributed by atoms with van der Waals surface area (Å²) in [6.45, 7) is 8.82. The summed E-state index contributed by atoms with van der Waals surface area (Å²) >= 11 is 0. The topological polar surface area (TPSA) is 37.4 Å². The molecule has 1 heterocycles. The number of hydrogen-bond donors (Lipinski definition) is 0. The Balaban J connectivity index is 1.94. The Morgan fingerprint density at radius 2 is 1.71 bits per heavy atom. The normalized spacial score (nSPS) is 26.6. The fourth-order valence-electron chi connectivity index (χ4n) is 4.49. The van der Waals surface area contributed by atoms with Crippen molar-refractivity contribution in [3.05, 3.63) is 42.0 Å². The van der Waals surface area contributed by atoms with Crippen LogP contribution < -0.4 is 0 Å². The van der Waals surface area contributed by atoms with Gasteiger partial charge >= 0.3 is 0 Å². The zero-order valence-electron chi connectivity index (χ0n) is 14.9. The van der Waals surface area contributed by atoms with Crippen molar-refractivity contribution in [1.82, 2.24) is 4.31 Å². The van der Waals surface area contributed by atoms with Crippen LogP contribution in [-0.4, -0.2) is 25.3 Å². The van der Waals surface area contributed by atoms with E-state index in [0.29, 0.717) is 23.3 Å². The first-order valence-corrected chi connectivity index (χ1v) is 10.6. The van der Waals surface area contributed by atoms with Crippen LogP contribution in [0, 0.1) is 18.8 Å². The van der Waals surface area contributed by atoms with E-state index in [1.165, 1.54) is 19.3 Å². The minimum atomic E-state index is -3.43. The number of rotatable bonds is 4. The quantitative estimate of drug-likeness (QED) is 0.750. The second-order valence-electron chi connectivity index (χ2n) is 7.56. The van der Waals surface area contributed by atoms with Gasteiger partial charge in [-0.2, -0.15) is 4.31 Å². The molecule has 2 atom stereocenters. The average Bonchev–Trinajstić information content (AvgIpc) is 3.02. The lowest BCUT2D eigenvalue weighted by molar-refractivity contribution is 0.202. The van der Waals surface area contributed by atoms with E-state index in [2.05, 4.69) is 13.5 Å². The summed E-state index contributed by atoms with van der Waals surface area (Å²) in [7, 11) is -3.43. The van der Waals surface area contributed by atoms with Crippen LogP contribution in [0.3, 0.4) is 0 Å². The van der Waals surface area contributed by atoms with E-state index < -0.39 is 10.0 Å². The predicted molar refractivity (Wildman–Crippen MR) is 98.4 cm³/mol. The molecule has 0 radical (unpaired) electrons. The highest BCUT2D eigenvalue weighted by atomic mass is 32.2. The molecule has 0 bridgehead atoms. The fourth-order valence-corrected chi connectivity index (χ4v) is 6.23. The van der Waals surface area contributed by atoms with Gasteiger partial charge in [-0.1, -0.05) is 49.1 Å². The molecule has 1 aromatic rings. The zero-order valence-corrected chi connectivity index (χ0v) is 15.7. The maximum atomic E-state index is 13.3. The molecule has 3 nitrogen and oxygen atoms in total. The van der Waals surface area contributed by atoms with Gasteiger partial charge in [-0.15, -0.1) is 0 Å². The van der Waals surface area contributed by atoms with Crippen molar-refractivity contribution >= 4 is 10.0 Å². The molecule has 2 aliphatic rings. The van der Waals surface area contributed by atoms with Crippen molar-refractivity contribution in [2.24, 2.45) is 11.8 Å². The second kappa shape index (κ2) is 7.01. The zero-order chi connectivity index (χ0) is 17.3. The van der Waals surface area contributed by atoms with E-state index >= 15 is 0 Å². The largest absolute Gasteiger partial charge is 0.243 e. The molecule has 3 rings (SSSR count). The molecule has 0 unspecified atom stereocenters. The van der Waals surface area contributed by atoms with Crippen LogP contribution in [0.25, 0.3) is 0 Å². The maximum absolute atomic E-state index is 13.3. The minimum absolute atomic E-state index is 0.0918. The van der Waals surface area contributed by atoms with Gasteiger partial charge in [-0.25, -0.2) is 8.42 Å². The Kier molecular flexibility index (Phi) is 5.16. The Morgan fingerprint density at radius 1 is 1.08 bits per heavy atom. The van der Waals surface area contributed by atoms with Crippen LogP contribution in [0.2, 0.25) is 0 Å². The molecule has 2 fully saturated rings. The summed E-state index contributed by atoms with van der Waals surface area (Å²) in [5.74, 6) is 0.775. The Labute approximate surface area is 146 Å². The van der Waals surface area contributed by atoms with Gasteiger partial charge in [0, 0.05) is 12.6 Å². The molecule has 132 valence electrons. The van der Waals surface area contributed by atoms with Crippen molar-refractivity contribution in [1.29, 1.82) is 0 Å². The summed E-state index contributed by atoms with van der Waals surface area (Å²) in [6, 6.07) is 7.35. The van der Waals surface area contributed by atoms with Gasteiger partial charge in [0.2, 0.25) is 10.0 Å². The van der Waals surface area contributed by atoms with Gasteiger partial charge in [0.1, 0.15) is 0 Å². The van der Waals surface area contributed by atoms with Crippen LogP contribution in [0.4, 0.5) is 0 Å². The third-order valence-electron chi connectivity index (χ3n) is 5.80. The molecule has 1 aliphatic carbocycles. The molecule has 0 spiro atoms. The minimum Gasteiger partial charge on any atom is -0.207 e. The maximum Gasteiger partial charge on any atom is 0.243 e. The van der Waals surface area contributed by atoms with Crippen LogP contribution >= 0.6 is 0 Å². The molecule has 0 amide bonds. The predicted octanol–water partition coefficient (Wildman–Crippen LogP) is 4.53. The number of aryl methyl sites for hydroxylation is 1. The van der Waals surface area contributed by atoms with E-state index in [-0.39, 0.29) is 6.04 Å². The van der Waals surface area contributed by atoms with Gasteiger partial charge in [-0.3, -0.25) is 0 Å². The van der Waals surface area contributed by atoms with Crippen LogP contribution in [0.1, 0.15) is 51.0 Å². The van der Waals surface area contributed by atoms with Gasteiger partial charge < -0.3 is 0 Å². The van der Waals surface area contributed by atoms with Crippen molar-refractivity contribution in [3.63, 3.8) is 0 Å². The molecule has 4 heteroatoms. The summed E-state index contributed by atoms with van der Waals surface area (Å²) in [6.07, 6.45) is 6.93. The molecule has 0 aromatic heterocycles. The molecule has 0 N–H and O–H groups in total. The standard InChI is InChI=1S/C20H29NO2S/c1-15(2)19-13-14-21(20(19)17-7-5-4-6-8-17)24(22,23)18-11-9-16(3)10-12-18/h9-12,17,19-20H,1,4-8,13-14H2,2-3H3/t19-,20-/m0/s1. The number of hydrogen-bond acceptors (Lipinski definition) is 2. The van der Waals surface area contributed by atoms with Crippen molar-refractivity contribution in [2.45, 2.75) is 63.3 Å². The Hall–Kier alpha value is -1.13. The van der Waals surface area contributed by atoms with Gasteiger partial charge in [-0.05, 0) is 57.1 Å². The molecule has 1 aliphatic heterocycles. The smallest absolute Gasteiger partial charge is 0.207 e. The first-order chi connectivity index (χ1) is 11.4. The van der Waals surface area contributed by atoms with Gasteiger partial charge in [0.15, 0.2) is 0 Å². The molecule has 1 saturated carbocycles. The summed E-state index contributed by atoms with van der Waals surface area (Å²) in [4.78, 5) is 0.427. The highest BCUT2D eigenvalue weighted by molar-refractivity contribution is 7.89. The van der Waals surface area contributed by atoms with Gasteiger partial charge in [0.25, 0.3) is 0 Å². The number of nitrogens with zero attached hydrogens (tertiary/aromatic N) is 1. The lowest BCUT2D eigenvalue weighted by Gasteiger charge is -2.36. The van der Waals surface area contributed by atoms with Crippen molar-refractivity contribution in [3.8, 4) is 0 Å². The van der Waals surface area contributed by atoms with Crippen molar-refractivity contribution < 1.29 is 8.42 Å². The van der Waals surface area contributed by atoms with E-state index in [1.54, 1.807) is 16.4 Å². The lowest BCUT2D eigenvalue weighted by Crippen LogP contribution is -2.43. The Morgan fingerprint density at radius 3 is 2.29 bits per heavy atom. The third kappa shape index (κ3) is 3.31. The molecular formula is C20H29NO2S. The summed E-state index contributed by atoms with van der Waals surface area (Å²) in [5.41, 5.74) is 2.21. The highest BCUT2D eigenvalue weighted by Gasteiger charge is 2.45. The first kappa shape index (κ1) is 17.7. The fraction of sp³-hybridized carbons (Fsp3) is 0.600. The first-order valence-electron chi connectivity index (χ1n) is 9.15. The lowest BCUT2D eigenvalue weighted by atomic mass is 9.78. The van der Waals surface area contributed by atoms with E-state index in [1.807, 2.05) is 19.1 Å². The second-order valence-corrected chi connectivity index (χ2v) is 9.45. The molecule has 1 saturated heterocycles. The third-order valence-corrected chi connectivity index (χ3v) is 7.71.